The van der Waals surface area contributed by atoms with E-state index in [0.717, 1.165) is 43.9 Å². The smallest absolute Gasteiger partial charge is 0.416 e. The number of carboxylic acids is 1. The maximum absolute atomic E-state index is 12.4. The van der Waals surface area contributed by atoms with Gasteiger partial charge in [0.25, 0.3) is 0 Å². The highest BCUT2D eigenvalue weighted by molar-refractivity contribution is 7.88. The van der Waals surface area contributed by atoms with E-state index >= 15 is 0 Å². The molecule has 0 spiro atoms. The Balaban J connectivity index is 0.000000206. The number of aromatic carboxylic acids is 1. The number of carboxylic acid groups (broad SMARTS) is 1. The number of anilines is 1. The highest BCUT2D eigenvalue weighted by atomic mass is 32.2. The molecule has 0 bridgehead atoms. The van der Waals surface area contributed by atoms with E-state index in [2.05, 4.69) is 15.7 Å². The minimum absolute atomic E-state index is 0.0576. The first kappa shape index (κ1) is 28.2. The van der Waals surface area contributed by atoms with Crippen LogP contribution in [0.5, 0.6) is 0 Å². The van der Waals surface area contributed by atoms with Crippen LogP contribution in [0.1, 0.15) is 27.0 Å². The quantitative estimate of drug-likeness (QED) is 0.407. The number of nitrogens with one attached hydrogen (secondary N) is 1. The largest absolute Gasteiger partial charge is 0.478 e. The Labute approximate surface area is 213 Å². The number of nitrogens with two attached hydrogens (primary N) is 1. The fraction of sp³-hybridized carbons (Fsp3) is 0.269. The van der Waals surface area contributed by atoms with Crippen LogP contribution in [0, 0.1) is 0 Å². The van der Waals surface area contributed by atoms with Crippen LogP contribution < -0.4 is 10.5 Å². The van der Waals surface area contributed by atoms with Crippen LogP contribution in [0.4, 0.5) is 18.9 Å². The van der Waals surface area contributed by atoms with Crippen molar-refractivity contribution in [2.75, 3.05) is 31.6 Å². The molecule has 198 valence electrons. The van der Waals surface area contributed by atoms with Crippen molar-refractivity contribution in [2.24, 2.45) is 0 Å². The van der Waals surface area contributed by atoms with Crippen molar-refractivity contribution in [3.63, 3.8) is 0 Å². The molecule has 0 atom stereocenters. The lowest BCUT2D eigenvalue weighted by Crippen LogP contribution is -2.37. The van der Waals surface area contributed by atoms with E-state index in [1.165, 1.54) is 35.6 Å². The summed E-state index contributed by atoms with van der Waals surface area (Å²) in [6.45, 7) is 3.00. The minimum Gasteiger partial charge on any atom is -0.478 e. The van der Waals surface area contributed by atoms with Crippen LogP contribution in [0.15, 0.2) is 66.7 Å². The van der Waals surface area contributed by atoms with Gasteiger partial charge in [0.15, 0.2) is 0 Å². The summed E-state index contributed by atoms with van der Waals surface area (Å²) in [4.78, 5) is 13.3. The lowest BCUT2D eigenvalue weighted by atomic mass is 9.99. The summed E-state index contributed by atoms with van der Waals surface area (Å²) in [7, 11) is -3.08. The van der Waals surface area contributed by atoms with E-state index < -0.39 is 27.7 Å². The molecule has 3 aromatic rings. The van der Waals surface area contributed by atoms with E-state index in [1.807, 2.05) is 12.1 Å². The van der Waals surface area contributed by atoms with Crippen LogP contribution in [0.3, 0.4) is 0 Å². The SMILES string of the molecule is CS(=O)(=O)NCCN1CCc2cc(N)ccc2C1.O=C(O)c1ccccc1-c1ccc(C(F)(F)F)cc1. The second-order valence-corrected chi connectivity index (χ2v) is 10.5. The third-order valence-corrected chi connectivity index (χ3v) is 6.52. The van der Waals surface area contributed by atoms with E-state index in [1.54, 1.807) is 18.2 Å². The average molecular weight is 536 g/mol. The molecule has 3 aromatic carbocycles. The second-order valence-electron chi connectivity index (χ2n) is 8.65. The summed E-state index contributed by atoms with van der Waals surface area (Å²) in [6, 6.07) is 16.6. The van der Waals surface area contributed by atoms with Crippen LogP contribution in [0.25, 0.3) is 11.1 Å². The van der Waals surface area contributed by atoms with Gasteiger partial charge in [-0.2, -0.15) is 13.2 Å². The minimum atomic E-state index is -4.40. The lowest BCUT2D eigenvalue weighted by molar-refractivity contribution is -0.137. The number of rotatable bonds is 6. The standard InChI is InChI=1S/C14H9F3O2.C12H19N3O2S/c15-14(16,17)10-7-5-9(6-8-10)11-3-1-2-4-12(11)13(18)19;1-18(16,17)14-5-7-15-6-4-10-8-12(13)3-2-11(10)9-15/h1-8H,(H,18,19);2-3,8,14H,4-7,9,13H2,1H3. The summed E-state index contributed by atoms with van der Waals surface area (Å²) in [6.07, 6.45) is -2.24. The number of hydrogen-bond acceptors (Lipinski definition) is 5. The molecular formula is C26H28F3N3O4S. The molecule has 0 fully saturated rings. The van der Waals surface area contributed by atoms with Crippen molar-refractivity contribution in [1.29, 1.82) is 0 Å². The first-order valence-electron chi connectivity index (χ1n) is 11.4. The lowest BCUT2D eigenvalue weighted by Gasteiger charge is -2.28. The van der Waals surface area contributed by atoms with E-state index in [0.29, 0.717) is 17.7 Å². The van der Waals surface area contributed by atoms with Crippen molar-refractivity contribution >= 4 is 21.7 Å². The number of sulfonamides is 1. The van der Waals surface area contributed by atoms with Gasteiger partial charge in [0, 0.05) is 31.9 Å². The number of carbonyl (C=O) groups is 1. The Bertz CT molecular complexity index is 1340. The number of nitrogens with zero attached hydrogens (tertiary/aromatic N) is 1. The fourth-order valence-electron chi connectivity index (χ4n) is 3.97. The summed E-state index contributed by atoms with van der Waals surface area (Å²) in [5, 5.41) is 9.03. The molecule has 37 heavy (non-hydrogen) atoms. The van der Waals surface area contributed by atoms with E-state index in [-0.39, 0.29) is 5.56 Å². The average Bonchev–Trinajstić information content (AvgIpc) is 2.83. The number of benzene rings is 3. The van der Waals surface area contributed by atoms with Gasteiger partial charge in [0.05, 0.1) is 17.4 Å². The maximum Gasteiger partial charge on any atom is 0.416 e. The normalized spacial score (nSPS) is 13.8. The molecule has 0 unspecified atom stereocenters. The van der Waals surface area contributed by atoms with E-state index in [4.69, 9.17) is 10.8 Å². The molecule has 0 saturated carbocycles. The van der Waals surface area contributed by atoms with Crippen molar-refractivity contribution in [3.05, 3.63) is 89.0 Å². The summed E-state index contributed by atoms with van der Waals surface area (Å²) in [5.41, 5.74) is 9.28. The third kappa shape index (κ3) is 8.31. The van der Waals surface area contributed by atoms with Gasteiger partial charge in [-0.3, -0.25) is 4.90 Å². The molecule has 7 nitrogen and oxygen atoms in total. The zero-order valence-electron chi connectivity index (χ0n) is 20.1. The van der Waals surface area contributed by atoms with Gasteiger partial charge in [-0.05, 0) is 59.0 Å². The van der Waals surface area contributed by atoms with Crippen molar-refractivity contribution in [2.45, 2.75) is 19.1 Å². The molecule has 1 aliphatic heterocycles. The predicted octanol–water partition coefficient (Wildman–Crippen LogP) is 4.25. The summed E-state index contributed by atoms with van der Waals surface area (Å²) in [5.74, 6) is -1.12. The zero-order valence-corrected chi connectivity index (χ0v) is 20.9. The molecule has 0 saturated heterocycles. The van der Waals surface area contributed by atoms with Crippen LogP contribution in [0.2, 0.25) is 0 Å². The second kappa shape index (κ2) is 11.8. The van der Waals surface area contributed by atoms with Gasteiger partial charge < -0.3 is 10.8 Å². The van der Waals surface area contributed by atoms with Crippen LogP contribution in [-0.2, 0) is 29.2 Å². The highest BCUT2D eigenvalue weighted by Crippen LogP contribution is 2.31. The molecule has 1 aliphatic rings. The molecule has 11 heteroatoms. The Kier molecular flexibility index (Phi) is 8.95. The fourth-order valence-corrected chi connectivity index (χ4v) is 4.43. The molecule has 1 heterocycles. The Morgan fingerprint density at radius 1 is 1.05 bits per heavy atom. The molecule has 4 N–H and O–H groups in total. The first-order valence-corrected chi connectivity index (χ1v) is 13.3. The van der Waals surface area contributed by atoms with Crippen LogP contribution in [-0.4, -0.2) is 50.3 Å². The van der Waals surface area contributed by atoms with Gasteiger partial charge in [0.1, 0.15) is 0 Å². The summed E-state index contributed by atoms with van der Waals surface area (Å²) < 4.78 is 61.7. The Hall–Kier alpha value is -3.41. The van der Waals surface area contributed by atoms with Crippen molar-refractivity contribution in [1.82, 2.24) is 9.62 Å². The van der Waals surface area contributed by atoms with Gasteiger partial charge in [-0.15, -0.1) is 0 Å². The molecular weight excluding hydrogens is 507 g/mol. The first-order chi connectivity index (χ1) is 17.3. The Morgan fingerprint density at radius 3 is 2.35 bits per heavy atom. The third-order valence-electron chi connectivity index (χ3n) is 5.79. The van der Waals surface area contributed by atoms with Gasteiger partial charge in [0.2, 0.25) is 10.0 Å². The molecule has 4 rings (SSSR count). The maximum atomic E-state index is 12.4. The predicted molar refractivity (Wildman–Crippen MR) is 137 cm³/mol. The molecule has 0 amide bonds. The van der Waals surface area contributed by atoms with E-state index in [9.17, 15) is 26.4 Å². The van der Waals surface area contributed by atoms with Gasteiger partial charge >= 0.3 is 12.1 Å². The van der Waals surface area contributed by atoms with Crippen molar-refractivity contribution in [3.8, 4) is 11.1 Å². The number of fused-ring (bicyclic) bond motifs is 1. The zero-order chi connectivity index (χ0) is 27.2. The topological polar surface area (TPSA) is 113 Å². The Morgan fingerprint density at radius 2 is 1.73 bits per heavy atom. The van der Waals surface area contributed by atoms with Crippen LogP contribution >= 0.6 is 0 Å². The molecule has 0 radical (unpaired) electrons. The van der Waals surface area contributed by atoms with Crippen molar-refractivity contribution < 1.29 is 31.5 Å². The molecule has 0 aromatic heterocycles. The number of hydrogen-bond donors (Lipinski definition) is 3. The van der Waals surface area contributed by atoms with Gasteiger partial charge in [-0.25, -0.2) is 17.9 Å². The van der Waals surface area contributed by atoms with Gasteiger partial charge in [-0.1, -0.05) is 36.4 Å². The number of nitrogen functional groups attached to an aromatic ring is 1. The number of halogens is 3. The monoisotopic (exact) mass is 535 g/mol. The highest BCUT2D eigenvalue weighted by Gasteiger charge is 2.30. The number of alkyl halides is 3. The summed E-state index contributed by atoms with van der Waals surface area (Å²) >= 11 is 0. The molecule has 0 aliphatic carbocycles.